The van der Waals surface area contributed by atoms with Crippen molar-refractivity contribution < 1.29 is 0 Å². The SMILES string of the molecule is Cn1nccc1CNC[C@H]1CNc2ccnn2C1. The van der Waals surface area contributed by atoms with Gasteiger partial charge >= 0.3 is 0 Å². The van der Waals surface area contributed by atoms with Crippen molar-refractivity contribution >= 4 is 5.82 Å². The molecule has 0 fully saturated rings. The zero-order chi connectivity index (χ0) is 12.4. The van der Waals surface area contributed by atoms with Gasteiger partial charge in [-0.3, -0.25) is 4.68 Å². The molecule has 0 saturated heterocycles. The monoisotopic (exact) mass is 246 g/mol. The van der Waals surface area contributed by atoms with Gasteiger partial charge in [-0.15, -0.1) is 0 Å². The van der Waals surface area contributed by atoms with Gasteiger partial charge in [0.05, 0.1) is 11.9 Å². The first-order valence-corrected chi connectivity index (χ1v) is 6.26. The molecule has 2 aromatic heterocycles. The van der Waals surface area contributed by atoms with Crippen molar-refractivity contribution in [3.63, 3.8) is 0 Å². The van der Waals surface area contributed by atoms with Crippen molar-refractivity contribution in [2.45, 2.75) is 13.1 Å². The van der Waals surface area contributed by atoms with Gasteiger partial charge in [-0.2, -0.15) is 10.2 Å². The Kier molecular flexibility index (Phi) is 3.02. The molecule has 0 saturated carbocycles. The highest BCUT2D eigenvalue weighted by Crippen LogP contribution is 2.15. The number of aromatic nitrogens is 4. The lowest BCUT2D eigenvalue weighted by Crippen LogP contribution is -2.35. The maximum atomic E-state index is 4.29. The van der Waals surface area contributed by atoms with Gasteiger partial charge in [0.1, 0.15) is 5.82 Å². The molecule has 18 heavy (non-hydrogen) atoms. The van der Waals surface area contributed by atoms with E-state index in [4.69, 9.17) is 0 Å². The van der Waals surface area contributed by atoms with Gasteiger partial charge in [-0.05, 0) is 6.07 Å². The number of aryl methyl sites for hydroxylation is 1. The van der Waals surface area contributed by atoms with Crippen molar-refractivity contribution in [1.82, 2.24) is 24.9 Å². The molecule has 0 radical (unpaired) electrons. The molecule has 2 N–H and O–H groups in total. The summed E-state index contributed by atoms with van der Waals surface area (Å²) in [7, 11) is 1.97. The fourth-order valence-corrected chi connectivity index (χ4v) is 2.30. The molecule has 1 aliphatic heterocycles. The lowest BCUT2D eigenvalue weighted by molar-refractivity contribution is 0.389. The molecule has 6 nitrogen and oxygen atoms in total. The second kappa shape index (κ2) is 4.81. The van der Waals surface area contributed by atoms with Crippen LogP contribution in [0.3, 0.4) is 0 Å². The second-order valence-electron chi connectivity index (χ2n) is 4.72. The van der Waals surface area contributed by atoms with Gasteiger partial charge < -0.3 is 10.6 Å². The number of nitrogens with zero attached hydrogens (tertiary/aromatic N) is 4. The Morgan fingerprint density at radius 3 is 3.11 bits per heavy atom. The smallest absolute Gasteiger partial charge is 0.124 e. The molecule has 1 atom stereocenters. The summed E-state index contributed by atoms with van der Waals surface area (Å²) in [5, 5.41) is 15.3. The summed E-state index contributed by atoms with van der Waals surface area (Å²) in [5.74, 6) is 1.70. The Morgan fingerprint density at radius 1 is 1.39 bits per heavy atom. The Balaban J connectivity index is 1.49. The molecule has 3 heterocycles. The zero-order valence-electron chi connectivity index (χ0n) is 10.5. The third kappa shape index (κ3) is 2.24. The van der Waals surface area contributed by atoms with Crippen LogP contribution in [0.4, 0.5) is 5.82 Å². The van der Waals surface area contributed by atoms with E-state index in [2.05, 4.69) is 20.8 Å². The van der Waals surface area contributed by atoms with Crippen molar-refractivity contribution in [3.05, 3.63) is 30.2 Å². The molecule has 1 aliphatic rings. The summed E-state index contributed by atoms with van der Waals surface area (Å²) in [5.41, 5.74) is 1.21. The summed E-state index contributed by atoms with van der Waals surface area (Å²) < 4.78 is 3.93. The Labute approximate surface area is 106 Å². The highest BCUT2D eigenvalue weighted by Gasteiger charge is 2.17. The predicted molar refractivity (Wildman–Crippen MR) is 69.1 cm³/mol. The number of rotatable bonds is 4. The topological polar surface area (TPSA) is 59.7 Å². The molecular weight excluding hydrogens is 228 g/mol. The van der Waals surface area contributed by atoms with Crippen LogP contribution < -0.4 is 10.6 Å². The Bertz CT molecular complexity index is 514. The van der Waals surface area contributed by atoms with Crippen molar-refractivity contribution in [2.24, 2.45) is 13.0 Å². The van der Waals surface area contributed by atoms with Crippen LogP contribution in [0.1, 0.15) is 5.69 Å². The molecule has 0 unspecified atom stereocenters. The van der Waals surface area contributed by atoms with Crippen LogP contribution >= 0.6 is 0 Å². The number of hydrogen-bond donors (Lipinski definition) is 2. The lowest BCUT2D eigenvalue weighted by Gasteiger charge is -2.25. The van der Waals surface area contributed by atoms with Crippen LogP contribution in [0, 0.1) is 5.92 Å². The van der Waals surface area contributed by atoms with Gasteiger partial charge in [-0.25, -0.2) is 4.68 Å². The van der Waals surface area contributed by atoms with Crippen LogP contribution in [-0.4, -0.2) is 32.7 Å². The van der Waals surface area contributed by atoms with E-state index in [1.807, 2.05) is 40.9 Å². The van der Waals surface area contributed by atoms with Crippen LogP contribution in [0.2, 0.25) is 0 Å². The van der Waals surface area contributed by atoms with Gasteiger partial charge in [0.15, 0.2) is 0 Å². The van der Waals surface area contributed by atoms with Crippen molar-refractivity contribution in [3.8, 4) is 0 Å². The molecule has 2 aromatic rings. The van der Waals surface area contributed by atoms with E-state index in [-0.39, 0.29) is 0 Å². The van der Waals surface area contributed by atoms with Crippen LogP contribution in [0.5, 0.6) is 0 Å². The van der Waals surface area contributed by atoms with E-state index in [0.717, 1.165) is 32.0 Å². The van der Waals surface area contributed by atoms with Crippen LogP contribution in [0.25, 0.3) is 0 Å². The van der Waals surface area contributed by atoms with Gasteiger partial charge in [-0.1, -0.05) is 0 Å². The standard InChI is InChI=1S/C12H18N6/c1-17-11(2-4-15-17)8-13-6-10-7-14-12-3-5-16-18(12)9-10/h2-5,10,13-14H,6-9H2,1H3/t10-/m0/s1. The third-order valence-corrected chi connectivity index (χ3v) is 3.38. The minimum absolute atomic E-state index is 0.575. The molecule has 0 spiro atoms. The molecular formula is C12H18N6. The second-order valence-corrected chi connectivity index (χ2v) is 4.72. The third-order valence-electron chi connectivity index (χ3n) is 3.38. The van der Waals surface area contributed by atoms with E-state index in [9.17, 15) is 0 Å². The highest BCUT2D eigenvalue weighted by molar-refractivity contribution is 5.35. The molecule has 0 amide bonds. The number of anilines is 1. The Morgan fingerprint density at radius 2 is 2.28 bits per heavy atom. The first-order chi connectivity index (χ1) is 8.83. The molecule has 0 aliphatic carbocycles. The van der Waals surface area contributed by atoms with Gasteiger partial charge in [0.2, 0.25) is 0 Å². The minimum atomic E-state index is 0.575. The summed E-state index contributed by atoms with van der Waals surface area (Å²) in [6.45, 7) is 3.83. The first kappa shape index (κ1) is 11.3. The lowest BCUT2D eigenvalue weighted by atomic mass is 10.1. The van der Waals surface area contributed by atoms with E-state index < -0.39 is 0 Å². The van der Waals surface area contributed by atoms with Crippen molar-refractivity contribution in [2.75, 3.05) is 18.4 Å². The average molecular weight is 246 g/mol. The minimum Gasteiger partial charge on any atom is -0.370 e. The quantitative estimate of drug-likeness (QED) is 0.822. The number of hydrogen-bond acceptors (Lipinski definition) is 4. The number of nitrogens with one attached hydrogen (secondary N) is 2. The molecule has 6 heteroatoms. The van der Waals surface area contributed by atoms with Crippen LogP contribution in [0.15, 0.2) is 24.5 Å². The first-order valence-electron chi connectivity index (χ1n) is 6.26. The maximum Gasteiger partial charge on any atom is 0.124 e. The van der Waals surface area contributed by atoms with E-state index in [1.165, 1.54) is 5.69 Å². The van der Waals surface area contributed by atoms with Crippen molar-refractivity contribution in [1.29, 1.82) is 0 Å². The molecule has 0 bridgehead atoms. The molecule has 0 aromatic carbocycles. The van der Waals surface area contributed by atoms with E-state index >= 15 is 0 Å². The van der Waals surface area contributed by atoms with E-state index in [1.54, 1.807) is 0 Å². The summed E-state index contributed by atoms with van der Waals surface area (Å²) >= 11 is 0. The fourth-order valence-electron chi connectivity index (χ4n) is 2.30. The molecule has 3 rings (SSSR count). The molecule has 96 valence electrons. The van der Waals surface area contributed by atoms with E-state index in [0.29, 0.717) is 5.92 Å². The zero-order valence-corrected chi connectivity index (χ0v) is 10.5. The largest absolute Gasteiger partial charge is 0.370 e. The summed E-state index contributed by atoms with van der Waals surface area (Å²) in [6, 6.07) is 4.05. The van der Waals surface area contributed by atoms with Gasteiger partial charge in [0.25, 0.3) is 0 Å². The normalized spacial score (nSPS) is 18.4. The van der Waals surface area contributed by atoms with Crippen LogP contribution in [-0.2, 0) is 20.1 Å². The highest BCUT2D eigenvalue weighted by atomic mass is 15.3. The predicted octanol–water partition coefficient (Wildman–Crippen LogP) is 0.448. The summed E-state index contributed by atoms with van der Waals surface area (Å²) in [4.78, 5) is 0. The maximum absolute atomic E-state index is 4.29. The van der Waals surface area contributed by atoms with Gasteiger partial charge in [0, 0.05) is 51.4 Å². The summed E-state index contributed by atoms with van der Waals surface area (Å²) in [6.07, 6.45) is 3.67. The fraction of sp³-hybridized carbons (Fsp3) is 0.500. The Hall–Kier alpha value is -1.82. The number of fused-ring (bicyclic) bond motifs is 1. The average Bonchev–Trinajstić information content (AvgIpc) is 2.98.